The van der Waals surface area contributed by atoms with Crippen molar-refractivity contribution >= 4 is 0 Å². The van der Waals surface area contributed by atoms with E-state index in [-0.39, 0.29) is 18.8 Å². The summed E-state index contributed by atoms with van der Waals surface area (Å²) in [6, 6.07) is -0.101. The minimum atomic E-state index is -2.89. The van der Waals surface area contributed by atoms with Gasteiger partial charge in [-0.15, -0.1) is 0 Å². The van der Waals surface area contributed by atoms with Crippen molar-refractivity contribution in [1.29, 1.82) is 0 Å². The Kier molecular flexibility index (Phi) is 4.00. The van der Waals surface area contributed by atoms with Crippen molar-refractivity contribution in [2.75, 3.05) is 13.2 Å². The van der Waals surface area contributed by atoms with Crippen LogP contribution in [0.5, 0.6) is 0 Å². The van der Waals surface area contributed by atoms with E-state index in [1.807, 2.05) is 0 Å². The summed E-state index contributed by atoms with van der Waals surface area (Å²) < 4.78 is 37.9. The van der Waals surface area contributed by atoms with E-state index in [1.54, 1.807) is 0 Å². The first-order chi connectivity index (χ1) is 7.97. The van der Waals surface area contributed by atoms with Gasteiger partial charge in [0.05, 0.1) is 12.7 Å². The van der Waals surface area contributed by atoms with Crippen molar-refractivity contribution in [2.24, 2.45) is 11.7 Å². The molecule has 100 valence electrons. The van der Waals surface area contributed by atoms with Gasteiger partial charge in [-0.25, -0.2) is 8.78 Å². The number of nitrogens with two attached hydrogens (primary N) is 1. The zero-order chi connectivity index (χ0) is 12.5. The van der Waals surface area contributed by atoms with Gasteiger partial charge in [-0.1, -0.05) is 6.92 Å². The van der Waals surface area contributed by atoms with Gasteiger partial charge < -0.3 is 15.2 Å². The zero-order valence-corrected chi connectivity index (χ0v) is 10.2. The van der Waals surface area contributed by atoms with Gasteiger partial charge in [-0.05, 0) is 31.6 Å². The van der Waals surface area contributed by atoms with Crippen molar-refractivity contribution in [3.63, 3.8) is 0 Å². The average molecular weight is 249 g/mol. The quantitative estimate of drug-likeness (QED) is 0.828. The SMILES string of the molecule is CC1CC(OCC(F)(F)[C@@H]2CC[C@@H](N)CO2)C1. The number of rotatable bonds is 4. The van der Waals surface area contributed by atoms with Gasteiger partial charge in [0.1, 0.15) is 12.7 Å². The Bertz CT molecular complexity index is 249. The molecule has 0 aromatic carbocycles. The molecule has 0 bridgehead atoms. The van der Waals surface area contributed by atoms with Gasteiger partial charge in [0.25, 0.3) is 5.92 Å². The Labute approximate surface area is 101 Å². The molecule has 2 N–H and O–H groups in total. The normalized spacial score (nSPS) is 38.8. The fourth-order valence-corrected chi connectivity index (χ4v) is 2.39. The van der Waals surface area contributed by atoms with Gasteiger partial charge in [0.15, 0.2) is 0 Å². The van der Waals surface area contributed by atoms with Crippen LogP contribution in [-0.4, -0.2) is 37.4 Å². The van der Waals surface area contributed by atoms with Gasteiger partial charge >= 0.3 is 0 Å². The summed E-state index contributed by atoms with van der Waals surface area (Å²) >= 11 is 0. The molecular formula is C12H21F2NO2. The molecule has 5 heteroatoms. The monoisotopic (exact) mass is 249 g/mol. The predicted molar refractivity (Wildman–Crippen MR) is 60.0 cm³/mol. The highest BCUT2D eigenvalue weighted by Crippen LogP contribution is 2.33. The highest BCUT2D eigenvalue weighted by molar-refractivity contribution is 4.85. The summed E-state index contributed by atoms with van der Waals surface area (Å²) in [5, 5.41) is 0. The molecule has 2 rings (SSSR count). The van der Waals surface area contributed by atoms with Crippen LogP contribution in [0.4, 0.5) is 8.78 Å². The second kappa shape index (κ2) is 5.16. The largest absolute Gasteiger partial charge is 0.372 e. The number of halogens is 2. The first-order valence-corrected chi connectivity index (χ1v) is 6.34. The zero-order valence-electron chi connectivity index (χ0n) is 10.2. The van der Waals surface area contributed by atoms with Crippen LogP contribution in [0.25, 0.3) is 0 Å². The Morgan fingerprint density at radius 3 is 2.59 bits per heavy atom. The lowest BCUT2D eigenvalue weighted by Crippen LogP contribution is -2.47. The van der Waals surface area contributed by atoms with E-state index in [1.165, 1.54) is 0 Å². The van der Waals surface area contributed by atoms with E-state index in [0.717, 1.165) is 12.8 Å². The summed E-state index contributed by atoms with van der Waals surface area (Å²) in [6.07, 6.45) is 1.69. The molecule has 0 amide bonds. The maximum Gasteiger partial charge on any atom is 0.296 e. The fraction of sp³-hybridized carbons (Fsp3) is 1.00. The van der Waals surface area contributed by atoms with Crippen LogP contribution < -0.4 is 5.73 Å². The van der Waals surface area contributed by atoms with Gasteiger partial charge in [-0.2, -0.15) is 0 Å². The van der Waals surface area contributed by atoms with E-state index in [2.05, 4.69) is 6.92 Å². The number of hydrogen-bond donors (Lipinski definition) is 1. The maximum atomic E-state index is 13.8. The topological polar surface area (TPSA) is 44.5 Å². The average Bonchev–Trinajstić information content (AvgIpc) is 2.23. The predicted octanol–water partition coefficient (Wildman–Crippen LogP) is 1.94. The summed E-state index contributed by atoms with van der Waals surface area (Å²) in [6.45, 7) is 1.80. The molecule has 17 heavy (non-hydrogen) atoms. The molecule has 1 saturated carbocycles. The van der Waals surface area contributed by atoms with Crippen molar-refractivity contribution in [3.05, 3.63) is 0 Å². The van der Waals surface area contributed by atoms with Crippen LogP contribution in [-0.2, 0) is 9.47 Å². The van der Waals surface area contributed by atoms with Crippen LogP contribution in [0.1, 0.15) is 32.6 Å². The number of ether oxygens (including phenoxy) is 2. The Morgan fingerprint density at radius 2 is 2.06 bits per heavy atom. The smallest absolute Gasteiger partial charge is 0.296 e. The minimum Gasteiger partial charge on any atom is -0.372 e. The van der Waals surface area contributed by atoms with E-state index in [4.69, 9.17) is 15.2 Å². The molecule has 0 aromatic heterocycles. The molecular weight excluding hydrogens is 228 g/mol. The highest BCUT2D eigenvalue weighted by atomic mass is 19.3. The first-order valence-electron chi connectivity index (χ1n) is 6.34. The van der Waals surface area contributed by atoms with E-state index in [9.17, 15) is 8.78 Å². The molecule has 1 saturated heterocycles. The van der Waals surface area contributed by atoms with E-state index in [0.29, 0.717) is 18.8 Å². The number of hydrogen-bond acceptors (Lipinski definition) is 3. The highest BCUT2D eigenvalue weighted by Gasteiger charge is 2.43. The molecule has 0 aromatic rings. The maximum absolute atomic E-state index is 13.8. The molecule has 0 radical (unpaired) electrons. The number of alkyl halides is 2. The third-order valence-corrected chi connectivity index (χ3v) is 3.62. The summed E-state index contributed by atoms with van der Waals surface area (Å²) in [7, 11) is 0. The lowest BCUT2D eigenvalue weighted by Gasteiger charge is -2.36. The first kappa shape index (κ1) is 13.2. The van der Waals surface area contributed by atoms with E-state index < -0.39 is 18.6 Å². The fourth-order valence-electron chi connectivity index (χ4n) is 2.39. The molecule has 0 unspecified atom stereocenters. The third kappa shape index (κ3) is 3.36. The van der Waals surface area contributed by atoms with Crippen LogP contribution >= 0.6 is 0 Å². The summed E-state index contributed by atoms with van der Waals surface area (Å²) in [5.41, 5.74) is 5.61. The standard InChI is InChI=1S/C12H21F2NO2/c1-8-4-10(5-8)17-7-12(13,14)11-3-2-9(15)6-16-11/h8-11H,2-7,15H2,1H3/t8?,9-,10?,11+/m1/s1. The lowest BCUT2D eigenvalue weighted by atomic mass is 9.84. The van der Waals surface area contributed by atoms with Crippen molar-refractivity contribution < 1.29 is 18.3 Å². The molecule has 2 aliphatic rings. The van der Waals surface area contributed by atoms with Crippen molar-refractivity contribution in [3.8, 4) is 0 Å². The second-order valence-corrected chi connectivity index (χ2v) is 5.43. The molecule has 2 fully saturated rings. The van der Waals surface area contributed by atoms with Gasteiger partial charge in [0, 0.05) is 6.04 Å². The van der Waals surface area contributed by atoms with E-state index >= 15 is 0 Å². The minimum absolute atomic E-state index is 0.0155. The second-order valence-electron chi connectivity index (χ2n) is 5.43. The van der Waals surface area contributed by atoms with Crippen molar-refractivity contribution in [2.45, 2.75) is 56.8 Å². The third-order valence-electron chi connectivity index (χ3n) is 3.62. The molecule has 1 heterocycles. The van der Waals surface area contributed by atoms with Crippen LogP contribution in [0.3, 0.4) is 0 Å². The van der Waals surface area contributed by atoms with Gasteiger partial charge in [0.2, 0.25) is 0 Å². The summed E-state index contributed by atoms with van der Waals surface area (Å²) in [5.74, 6) is -2.28. The molecule has 1 aliphatic carbocycles. The molecule has 1 aliphatic heterocycles. The van der Waals surface area contributed by atoms with Crippen LogP contribution in [0.2, 0.25) is 0 Å². The molecule has 2 atom stereocenters. The Balaban J connectivity index is 1.73. The van der Waals surface area contributed by atoms with Crippen molar-refractivity contribution in [1.82, 2.24) is 0 Å². The molecule has 0 spiro atoms. The lowest BCUT2D eigenvalue weighted by molar-refractivity contribution is -0.199. The Morgan fingerprint density at radius 1 is 1.35 bits per heavy atom. The summed E-state index contributed by atoms with van der Waals surface area (Å²) in [4.78, 5) is 0. The van der Waals surface area contributed by atoms with Crippen LogP contribution in [0.15, 0.2) is 0 Å². The van der Waals surface area contributed by atoms with Gasteiger partial charge in [-0.3, -0.25) is 0 Å². The van der Waals surface area contributed by atoms with Crippen LogP contribution in [0, 0.1) is 5.92 Å². The molecule has 3 nitrogen and oxygen atoms in total. The Hall–Kier alpha value is -0.260.